The Balaban J connectivity index is 1.29. The van der Waals surface area contributed by atoms with Crippen LogP contribution in [-0.2, 0) is 0 Å². The van der Waals surface area contributed by atoms with Crippen LogP contribution in [0, 0.1) is 20.8 Å². The highest BCUT2D eigenvalue weighted by molar-refractivity contribution is 6.00. The standard InChI is InChI=1S/C26H27N3O2/c1-17-4-6-20(7-5-17)22-8-9-25(28-27-22)29-12-10-26(11-13-29)16-23(30)21-14-18(2)19(3)15-24(21)31-26/h4-9,14-15H,10-13,16H2,1-3H3. The highest BCUT2D eigenvalue weighted by atomic mass is 16.5. The molecule has 1 spiro atoms. The van der Waals surface area contributed by atoms with Crippen LogP contribution in [0.5, 0.6) is 5.75 Å². The first kappa shape index (κ1) is 19.7. The number of ether oxygens (including phenoxy) is 1. The molecule has 0 aliphatic carbocycles. The first-order valence-electron chi connectivity index (χ1n) is 10.9. The molecule has 2 aromatic carbocycles. The molecule has 0 amide bonds. The number of aryl methyl sites for hydroxylation is 3. The number of piperidine rings is 1. The number of hydrogen-bond donors (Lipinski definition) is 0. The van der Waals surface area contributed by atoms with Crippen LogP contribution in [0.2, 0.25) is 0 Å². The quantitative estimate of drug-likeness (QED) is 0.587. The minimum Gasteiger partial charge on any atom is -0.486 e. The van der Waals surface area contributed by atoms with Gasteiger partial charge in [0.1, 0.15) is 11.4 Å². The van der Waals surface area contributed by atoms with Crippen molar-refractivity contribution in [3.63, 3.8) is 0 Å². The summed E-state index contributed by atoms with van der Waals surface area (Å²) in [6.45, 7) is 7.77. The molecule has 0 atom stereocenters. The molecule has 5 nitrogen and oxygen atoms in total. The van der Waals surface area contributed by atoms with Gasteiger partial charge >= 0.3 is 0 Å². The molecule has 3 heterocycles. The second-order valence-corrected chi connectivity index (χ2v) is 8.95. The van der Waals surface area contributed by atoms with Gasteiger partial charge < -0.3 is 9.64 Å². The Morgan fingerprint density at radius 3 is 2.29 bits per heavy atom. The van der Waals surface area contributed by atoms with E-state index < -0.39 is 5.60 Å². The average Bonchev–Trinajstić information content (AvgIpc) is 2.77. The van der Waals surface area contributed by atoms with Gasteiger partial charge in [0.25, 0.3) is 0 Å². The van der Waals surface area contributed by atoms with Crippen molar-refractivity contribution in [2.75, 3.05) is 18.0 Å². The molecule has 5 rings (SSSR count). The van der Waals surface area contributed by atoms with Gasteiger partial charge in [-0.1, -0.05) is 29.8 Å². The molecule has 1 aromatic heterocycles. The van der Waals surface area contributed by atoms with E-state index in [0.29, 0.717) is 6.42 Å². The maximum Gasteiger partial charge on any atom is 0.170 e. The van der Waals surface area contributed by atoms with Crippen LogP contribution < -0.4 is 9.64 Å². The minimum atomic E-state index is -0.405. The van der Waals surface area contributed by atoms with E-state index in [4.69, 9.17) is 4.74 Å². The molecule has 1 fully saturated rings. The number of hydrogen-bond acceptors (Lipinski definition) is 5. The third-order valence-corrected chi connectivity index (χ3v) is 6.70. The number of carbonyl (C=O) groups is 1. The lowest BCUT2D eigenvalue weighted by Gasteiger charge is -2.44. The summed E-state index contributed by atoms with van der Waals surface area (Å²) in [7, 11) is 0. The monoisotopic (exact) mass is 413 g/mol. The largest absolute Gasteiger partial charge is 0.486 e. The number of benzene rings is 2. The molecule has 31 heavy (non-hydrogen) atoms. The van der Waals surface area contributed by atoms with Gasteiger partial charge in [-0.05, 0) is 56.2 Å². The van der Waals surface area contributed by atoms with Crippen LogP contribution in [0.4, 0.5) is 5.82 Å². The minimum absolute atomic E-state index is 0.194. The van der Waals surface area contributed by atoms with Crippen LogP contribution in [-0.4, -0.2) is 34.7 Å². The molecule has 0 N–H and O–H groups in total. The van der Waals surface area contributed by atoms with Crippen LogP contribution in [0.1, 0.15) is 46.3 Å². The molecule has 0 bridgehead atoms. The molecule has 0 saturated carbocycles. The maximum atomic E-state index is 12.9. The second-order valence-electron chi connectivity index (χ2n) is 8.95. The topological polar surface area (TPSA) is 55.3 Å². The third kappa shape index (κ3) is 3.69. The molecule has 0 unspecified atom stereocenters. The fourth-order valence-corrected chi connectivity index (χ4v) is 4.54. The van der Waals surface area contributed by atoms with Crippen molar-refractivity contribution in [2.45, 2.75) is 45.6 Å². The smallest absolute Gasteiger partial charge is 0.170 e. The van der Waals surface area contributed by atoms with E-state index >= 15 is 0 Å². The number of rotatable bonds is 2. The average molecular weight is 414 g/mol. The van der Waals surface area contributed by atoms with Crippen molar-refractivity contribution in [1.29, 1.82) is 0 Å². The molecular formula is C26H27N3O2. The molecule has 158 valence electrons. The van der Waals surface area contributed by atoms with Crippen LogP contribution in [0.25, 0.3) is 11.3 Å². The summed E-state index contributed by atoms with van der Waals surface area (Å²) in [5, 5.41) is 8.92. The first-order valence-corrected chi connectivity index (χ1v) is 10.9. The van der Waals surface area contributed by atoms with Crippen LogP contribution >= 0.6 is 0 Å². The van der Waals surface area contributed by atoms with Gasteiger partial charge in [0.05, 0.1) is 17.7 Å². The van der Waals surface area contributed by atoms with E-state index in [0.717, 1.165) is 65.4 Å². The Morgan fingerprint density at radius 1 is 0.903 bits per heavy atom. The lowest BCUT2D eigenvalue weighted by molar-refractivity contribution is 0.0230. The lowest BCUT2D eigenvalue weighted by Crippen LogP contribution is -2.51. The lowest BCUT2D eigenvalue weighted by atomic mass is 9.82. The SMILES string of the molecule is Cc1ccc(-c2ccc(N3CCC4(CC3)CC(=O)c3cc(C)c(C)cc3O4)nn2)cc1. The normalized spacial score (nSPS) is 17.4. The van der Waals surface area contributed by atoms with E-state index in [1.807, 2.05) is 31.2 Å². The van der Waals surface area contributed by atoms with E-state index in [2.05, 4.69) is 53.2 Å². The van der Waals surface area contributed by atoms with Gasteiger partial charge in [-0.3, -0.25) is 4.79 Å². The molecule has 1 saturated heterocycles. The van der Waals surface area contributed by atoms with Crippen LogP contribution in [0.15, 0.2) is 48.5 Å². The number of ketones is 1. The molecule has 5 heteroatoms. The van der Waals surface area contributed by atoms with E-state index in [-0.39, 0.29) is 5.78 Å². The van der Waals surface area contributed by atoms with Gasteiger partial charge in [-0.2, -0.15) is 0 Å². The summed E-state index contributed by atoms with van der Waals surface area (Å²) in [4.78, 5) is 15.1. The third-order valence-electron chi connectivity index (χ3n) is 6.70. The highest BCUT2D eigenvalue weighted by Crippen LogP contribution is 2.40. The number of nitrogens with zero attached hydrogens (tertiary/aromatic N) is 3. The predicted octanol–water partition coefficient (Wildman–Crippen LogP) is 5.07. The Morgan fingerprint density at radius 2 is 1.61 bits per heavy atom. The van der Waals surface area contributed by atoms with Gasteiger partial charge in [0, 0.05) is 31.5 Å². The van der Waals surface area contributed by atoms with Gasteiger partial charge in [0.15, 0.2) is 11.6 Å². The van der Waals surface area contributed by atoms with Crippen LogP contribution in [0.3, 0.4) is 0 Å². The summed E-state index contributed by atoms with van der Waals surface area (Å²) in [6, 6.07) is 16.4. The number of carbonyl (C=O) groups excluding carboxylic acids is 1. The summed E-state index contributed by atoms with van der Waals surface area (Å²) < 4.78 is 6.45. The summed E-state index contributed by atoms with van der Waals surface area (Å²) in [5.74, 6) is 1.81. The fraction of sp³-hybridized carbons (Fsp3) is 0.346. The molecule has 2 aliphatic heterocycles. The van der Waals surface area contributed by atoms with Gasteiger partial charge in [-0.15, -0.1) is 10.2 Å². The Kier molecular flexibility index (Phi) is 4.77. The number of Topliss-reactive ketones (excluding diaryl/α,β-unsaturated/α-hetero) is 1. The first-order chi connectivity index (χ1) is 14.9. The molecule has 3 aromatic rings. The Labute approximate surface area is 183 Å². The second kappa shape index (κ2) is 7.49. The summed E-state index contributed by atoms with van der Waals surface area (Å²) in [5.41, 5.74) is 5.79. The number of fused-ring (bicyclic) bond motifs is 1. The Hall–Kier alpha value is -3.21. The molecule has 0 radical (unpaired) electrons. The summed E-state index contributed by atoms with van der Waals surface area (Å²) in [6.07, 6.45) is 2.05. The highest BCUT2D eigenvalue weighted by Gasteiger charge is 2.43. The zero-order chi connectivity index (χ0) is 21.6. The van der Waals surface area contributed by atoms with Crippen molar-refractivity contribution in [3.8, 4) is 17.0 Å². The number of anilines is 1. The number of aromatic nitrogens is 2. The van der Waals surface area contributed by atoms with Gasteiger partial charge in [-0.25, -0.2) is 0 Å². The van der Waals surface area contributed by atoms with Crippen molar-refractivity contribution in [2.24, 2.45) is 0 Å². The van der Waals surface area contributed by atoms with Gasteiger partial charge in [0.2, 0.25) is 0 Å². The zero-order valence-corrected chi connectivity index (χ0v) is 18.3. The predicted molar refractivity (Wildman–Crippen MR) is 122 cm³/mol. The summed E-state index contributed by atoms with van der Waals surface area (Å²) >= 11 is 0. The van der Waals surface area contributed by atoms with E-state index in [1.54, 1.807) is 0 Å². The van der Waals surface area contributed by atoms with Crippen molar-refractivity contribution >= 4 is 11.6 Å². The van der Waals surface area contributed by atoms with Crippen molar-refractivity contribution in [1.82, 2.24) is 10.2 Å². The van der Waals surface area contributed by atoms with E-state index in [9.17, 15) is 4.79 Å². The maximum absolute atomic E-state index is 12.9. The van der Waals surface area contributed by atoms with Crippen molar-refractivity contribution in [3.05, 3.63) is 70.8 Å². The molecule has 2 aliphatic rings. The fourth-order valence-electron chi connectivity index (χ4n) is 4.54. The van der Waals surface area contributed by atoms with E-state index in [1.165, 1.54) is 5.56 Å². The zero-order valence-electron chi connectivity index (χ0n) is 18.3. The Bertz CT molecular complexity index is 1130. The van der Waals surface area contributed by atoms with Crippen molar-refractivity contribution < 1.29 is 9.53 Å². The molecular weight excluding hydrogens is 386 g/mol.